The minimum absolute atomic E-state index is 0.0512. The van der Waals surface area contributed by atoms with Crippen LogP contribution in [0.2, 0.25) is 0 Å². The molecule has 1 rings (SSSR count). The number of carbonyl (C=O) groups is 1. The van der Waals surface area contributed by atoms with Crippen LogP contribution in [-0.4, -0.2) is 24.9 Å². The molecule has 106 valence electrons. The van der Waals surface area contributed by atoms with E-state index in [2.05, 4.69) is 19.2 Å². The first-order chi connectivity index (χ1) is 9.03. The molecule has 3 nitrogen and oxygen atoms in total. The number of para-hydroxylation sites is 1. The van der Waals surface area contributed by atoms with Crippen LogP contribution in [-0.2, 0) is 4.79 Å². The highest BCUT2D eigenvalue weighted by Gasteiger charge is 2.18. The Bertz CT molecular complexity index is 379. The van der Waals surface area contributed by atoms with Crippen molar-refractivity contribution in [2.45, 2.75) is 26.7 Å². The SMILES string of the molecule is CC(C)(CCCCl)CNC(=O)COc1ccccc1. The molecule has 1 N–H and O–H groups in total. The lowest BCUT2D eigenvalue weighted by Gasteiger charge is -2.24. The van der Waals surface area contributed by atoms with Crippen LogP contribution in [0.5, 0.6) is 5.75 Å². The molecular formula is C15H22ClNO2. The second kappa shape index (κ2) is 8.05. The molecule has 19 heavy (non-hydrogen) atoms. The molecule has 0 bridgehead atoms. The van der Waals surface area contributed by atoms with E-state index in [0.717, 1.165) is 12.8 Å². The van der Waals surface area contributed by atoms with Crippen molar-refractivity contribution in [3.8, 4) is 5.75 Å². The smallest absolute Gasteiger partial charge is 0.257 e. The zero-order valence-electron chi connectivity index (χ0n) is 11.6. The molecule has 0 heterocycles. The van der Waals surface area contributed by atoms with Gasteiger partial charge in [-0.3, -0.25) is 4.79 Å². The summed E-state index contributed by atoms with van der Waals surface area (Å²) in [5.74, 6) is 1.27. The van der Waals surface area contributed by atoms with Gasteiger partial charge in [0.15, 0.2) is 6.61 Å². The first kappa shape index (κ1) is 15.8. The molecule has 0 fully saturated rings. The molecule has 0 radical (unpaired) electrons. The van der Waals surface area contributed by atoms with E-state index in [9.17, 15) is 4.79 Å². The summed E-state index contributed by atoms with van der Waals surface area (Å²) in [6.45, 7) is 4.94. The van der Waals surface area contributed by atoms with Gasteiger partial charge in [0, 0.05) is 12.4 Å². The van der Waals surface area contributed by atoms with E-state index in [1.54, 1.807) is 0 Å². The first-order valence-corrected chi connectivity index (χ1v) is 7.07. The lowest BCUT2D eigenvalue weighted by molar-refractivity contribution is -0.123. The number of carbonyl (C=O) groups excluding carboxylic acids is 1. The van der Waals surface area contributed by atoms with Crippen LogP contribution in [0.1, 0.15) is 26.7 Å². The highest BCUT2D eigenvalue weighted by Crippen LogP contribution is 2.21. The van der Waals surface area contributed by atoms with Crippen molar-refractivity contribution < 1.29 is 9.53 Å². The van der Waals surface area contributed by atoms with Crippen LogP contribution in [0.4, 0.5) is 0 Å². The predicted octanol–water partition coefficient (Wildman–Crippen LogP) is 3.23. The normalized spacial score (nSPS) is 11.1. The fourth-order valence-corrected chi connectivity index (χ4v) is 1.82. The van der Waals surface area contributed by atoms with Crippen LogP contribution >= 0.6 is 11.6 Å². The Labute approximate surface area is 120 Å². The van der Waals surface area contributed by atoms with Crippen molar-refractivity contribution in [2.24, 2.45) is 5.41 Å². The third kappa shape index (κ3) is 7.06. The Kier molecular flexibility index (Phi) is 6.71. The maximum absolute atomic E-state index is 11.7. The topological polar surface area (TPSA) is 38.3 Å². The molecule has 0 spiro atoms. The van der Waals surface area contributed by atoms with Crippen molar-refractivity contribution in [2.75, 3.05) is 19.0 Å². The van der Waals surface area contributed by atoms with Crippen LogP contribution in [0.15, 0.2) is 30.3 Å². The van der Waals surface area contributed by atoms with Gasteiger partial charge in [0.05, 0.1) is 0 Å². The zero-order chi connectivity index (χ0) is 14.1. The van der Waals surface area contributed by atoms with Crippen molar-refractivity contribution in [3.63, 3.8) is 0 Å². The molecule has 1 amide bonds. The summed E-state index contributed by atoms with van der Waals surface area (Å²) >= 11 is 5.68. The molecule has 0 aliphatic carbocycles. The Morgan fingerprint density at radius 2 is 2.00 bits per heavy atom. The van der Waals surface area contributed by atoms with Gasteiger partial charge in [-0.2, -0.15) is 0 Å². The average molecular weight is 284 g/mol. The van der Waals surface area contributed by atoms with Gasteiger partial charge in [-0.25, -0.2) is 0 Å². The number of amides is 1. The Balaban J connectivity index is 2.24. The summed E-state index contributed by atoms with van der Waals surface area (Å²) in [5.41, 5.74) is 0.0668. The molecule has 0 aliphatic heterocycles. The van der Waals surface area contributed by atoms with Crippen LogP contribution in [0.25, 0.3) is 0 Å². The number of alkyl halides is 1. The van der Waals surface area contributed by atoms with E-state index < -0.39 is 0 Å². The number of benzene rings is 1. The van der Waals surface area contributed by atoms with Gasteiger partial charge in [0.2, 0.25) is 0 Å². The van der Waals surface area contributed by atoms with Gasteiger partial charge in [0.25, 0.3) is 5.91 Å². The molecule has 4 heteroatoms. The van der Waals surface area contributed by atoms with Crippen LogP contribution < -0.4 is 10.1 Å². The predicted molar refractivity (Wildman–Crippen MR) is 78.7 cm³/mol. The number of ether oxygens (including phenoxy) is 1. The molecule has 0 atom stereocenters. The number of hydrogen-bond donors (Lipinski definition) is 1. The second-order valence-corrected chi connectivity index (χ2v) is 5.71. The third-order valence-corrected chi connectivity index (χ3v) is 3.13. The Hall–Kier alpha value is -1.22. The van der Waals surface area contributed by atoms with Gasteiger partial charge in [-0.1, -0.05) is 32.0 Å². The third-order valence-electron chi connectivity index (χ3n) is 2.86. The van der Waals surface area contributed by atoms with E-state index >= 15 is 0 Å². The number of halogens is 1. The number of rotatable bonds is 8. The van der Waals surface area contributed by atoms with Gasteiger partial charge in [-0.05, 0) is 30.4 Å². The van der Waals surface area contributed by atoms with Crippen molar-refractivity contribution in [3.05, 3.63) is 30.3 Å². The molecule has 0 saturated carbocycles. The first-order valence-electron chi connectivity index (χ1n) is 6.54. The standard InChI is InChI=1S/C15H22ClNO2/c1-15(2,9-6-10-16)12-17-14(18)11-19-13-7-4-3-5-8-13/h3-5,7-8H,6,9-12H2,1-2H3,(H,17,18). The minimum atomic E-state index is -0.0946. The Morgan fingerprint density at radius 3 is 2.63 bits per heavy atom. The molecule has 0 unspecified atom stereocenters. The fourth-order valence-electron chi connectivity index (χ4n) is 1.69. The van der Waals surface area contributed by atoms with Crippen molar-refractivity contribution in [1.82, 2.24) is 5.32 Å². The van der Waals surface area contributed by atoms with E-state index in [4.69, 9.17) is 16.3 Å². The largest absolute Gasteiger partial charge is 0.484 e. The van der Waals surface area contributed by atoms with Gasteiger partial charge >= 0.3 is 0 Å². The van der Waals surface area contributed by atoms with E-state index in [1.807, 2.05) is 30.3 Å². The lowest BCUT2D eigenvalue weighted by atomic mass is 9.88. The summed E-state index contributed by atoms with van der Waals surface area (Å²) in [7, 11) is 0. The molecule has 0 aromatic heterocycles. The lowest BCUT2D eigenvalue weighted by Crippen LogP contribution is -2.36. The van der Waals surface area contributed by atoms with E-state index in [-0.39, 0.29) is 17.9 Å². The summed E-state index contributed by atoms with van der Waals surface area (Å²) in [4.78, 5) is 11.7. The maximum atomic E-state index is 11.7. The minimum Gasteiger partial charge on any atom is -0.484 e. The van der Waals surface area contributed by atoms with Gasteiger partial charge in [-0.15, -0.1) is 11.6 Å². The quantitative estimate of drug-likeness (QED) is 0.744. The van der Waals surface area contributed by atoms with E-state index in [0.29, 0.717) is 18.2 Å². The van der Waals surface area contributed by atoms with Crippen molar-refractivity contribution in [1.29, 1.82) is 0 Å². The van der Waals surface area contributed by atoms with E-state index in [1.165, 1.54) is 0 Å². The van der Waals surface area contributed by atoms with Crippen molar-refractivity contribution >= 4 is 17.5 Å². The maximum Gasteiger partial charge on any atom is 0.257 e. The number of nitrogens with one attached hydrogen (secondary N) is 1. The average Bonchev–Trinajstić information content (AvgIpc) is 2.42. The molecule has 0 aliphatic rings. The van der Waals surface area contributed by atoms with Gasteiger partial charge < -0.3 is 10.1 Å². The van der Waals surface area contributed by atoms with Crippen LogP contribution in [0.3, 0.4) is 0 Å². The monoisotopic (exact) mass is 283 g/mol. The van der Waals surface area contributed by atoms with Gasteiger partial charge in [0.1, 0.15) is 5.75 Å². The molecule has 1 aromatic rings. The summed E-state index contributed by atoms with van der Waals surface area (Å²) in [6, 6.07) is 9.33. The highest BCUT2D eigenvalue weighted by molar-refractivity contribution is 6.17. The molecule has 0 saturated heterocycles. The Morgan fingerprint density at radius 1 is 1.32 bits per heavy atom. The summed E-state index contributed by atoms with van der Waals surface area (Å²) in [6.07, 6.45) is 1.96. The zero-order valence-corrected chi connectivity index (χ0v) is 12.4. The second-order valence-electron chi connectivity index (χ2n) is 5.34. The molecular weight excluding hydrogens is 262 g/mol. The molecule has 1 aromatic carbocycles. The summed E-state index contributed by atoms with van der Waals surface area (Å²) in [5, 5.41) is 2.90. The number of hydrogen-bond acceptors (Lipinski definition) is 2. The summed E-state index contributed by atoms with van der Waals surface area (Å²) < 4.78 is 5.38. The van der Waals surface area contributed by atoms with Crippen LogP contribution in [0, 0.1) is 5.41 Å². The fraction of sp³-hybridized carbons (Fsp3) is 0.533. The highest BCUT2D eigenvalue weighted by atomic mass is 35.5.